The van der Waals surface area contributed by atoms with Gasteiger partial charge in [0.25, 0.3) is 0 Å². The predicted octanol–water partition coefficient (Wildman–Crippen LogP) is 6.18. The Labute approximate surface area is 193 Å². The number of hydrogen-bond acceptors (Lipinski definition) is 5. The minimum Gasteiger partial charge on any atom is -0.495 e. The minimum absolute atomic E-state index is 0.0127. The van der Waals surface area contributed by atoms with Crippen molar-refractivity contribution < 1.29 is 23.0 Å². The van der Waals surface area contributed by atoms with Gasteiger partial charge in [-0.2, -0.15) is 13.2 Å². The Balaban J connectivity index is 1.84. The Bertz CT molecular complexity index is 914. The summed E-state index contributed by atoms with van der Waals surface area (Å²) in [6.45, 7) is 4.20. The molecule has 1 fully saturated rings. The van der Waals surface area contributed by atoms with Gasteiger partial charge in [-0.3, -0.25) is 0 Å². The molecule has 1 aliphatic rings. The molecule has 8 heteroatoms. The van der Waals surface area contributed by atoms with Crippen LogP contribution in [0.25, 0.3) is 0 Å². The van der Waals surface area contributed by atoms with E-state index in [-0.39, 0.29) is 30.6 Å². The third-order valence-electron chi connectivity index (χ3n) is 6.89. The van der Waals surface area contributed by atoms with E-state index in [9.17, 15) is 13.2 Å². The molecule has 1 aromatic heterocycles. The fraction of sp³-hybridized carbons (Fsp3) is 0.600. The molecular weight excluding hydrogens is 431 g/mol. The number of aliphatic hydroxyl groups excluding tert-OH is 1. The van der Waals surface area contributed by atoms with Crippen molar-refractivity contribution in [3.63, 3.8) is 0 Å². The highest BCUT2D eigenvalue weighted by molar-refractivity contribution is 5.63. The van der Waals surface area contributed by atoms with Gasteiger partial charge in [0.2, 0.25) is 5.95 Å². The number of methoxy groups -OCH3 is 1. The number of nitrogens with one attached hydrogen (secondary N) is 1. The quantitative estimate of drug-likeness (QED) is 0.463. The highest BCUT2D eigenvalue weighted by Crippen LogP contribution is 2.37. The lowest BCUT2D eigenvalue weighted by atomic mass is 9.74. The van der Waals surface area contributed by atoms with Crippen molar-refractivity contribution in [2.24, 2.45) is 17.8 Å². The van der Waals surface area contributed by atoms with Crippen LogP contribution in [0.4, 0.5) is 24.8 Å². The molecule has 0 amide bonds. The zero-order valence-electron chi connectivity index (χ0n) is 19.6. The fourth-order valence-corrected chi connectivity index (χ4v) is 4.73. The minimum atomic E-state index is -4.51. The van der Waals surface area contributed by atoms with Gasteiger partial charge in [0.05, 0.1) is 24.1 Å². The van der Waals surface area contributed by atoms with Gasteiger partial charge >= 0.3 is 6.18 Å². The Hall–Kier alpha value is -2.35. The second-order valence-electron chi connectivity index (χ2n) is 9.12. The Morgan fingerprint density at radius 3 is 2.55 bits per heavy atom. The maximum atomic E-state index is 13.7. The molecule has 0 aliphatic heterocycles. The first-order valence-corrected chi connectivity index (χ1v) is 11.7. The Morgan fingerprint density at radius 1 is 1.18 bits per heavy atom. The number of hydrogen-bond donors (Lipinski definition) is 2. The molecule has 1 aliphatic carbocycles. The summed E-state index contributed by atoms with van der Waals surface area (Å²) in [5.41, 5.74) is 0.681. The van der Waals surface area contributed by atoms with Crippen molar-refractivity contribution in [3.05, 3.63) is 41.2 Å². The maximum absolute atomic E-state index is 13.7. The molecule has 0 bridgehead atoms. The molecule has 1 heterocycles. The molecule has 182 valence electrons. The first-order valence-electron chi connectivity index (χ1n) is 11.7. The van der Waals surface area contributed by atoms with Gasteiger partial charge in [-0.1, -0.05) is 52.0 Å². The van der Waals surface area contributed by atoms with Crippen LogP contribution in [0, 0.1) is 17.8 Å². The number of nitrogens with zero attached hydrogens (tertiary/aromatic N) is 2. The number of ether oxygens (including phenoxy) is 1. The first kappa shape index (κ1) is 25.3. The lowest BCUT2D eigenvalue weighted by Crippen LogP contribution is -2.24. The topological polar surface area (TPSA) is 67.3 Å². The van der Waals surface area contributed by atoms with Crippen LogP contribution < -0.4 is 10.1 Å². The predicted molar refractivity (Wildman–Crippen MR) is 123 cm³/mol. The number of aromatic nitrogens is 2. The number of aliphatic hydroxyl groups is 1. The molecule has 2 atom stereocenters. The van der Waals surface area contributed by atoms with Crippen molar-refractivity contribution >= 4 is 11.6 Å². The third-order valence-corrected chi connectivity index (χ3v) is 6.89. The van der Waals surface area contributed by atoms with Crippen molar-refractivity contribution in [2.75, 3.05) is 19.0 Å². The summed E-state index contributed by atoms with van der Waals surface area (Å²) in [6, 6.07) is 5.34. The summed E-state index contributed by atoms with van der Waals surface area (Å²) in [5.74, 6) is 1.57. The van der Waals surface area contributed by atoms with E-state index in [4.69, 9.17) is 9.84 Å². The summed E-state index contributed by atoms with van der Waals surface area (Å²) in [7, 11) is 1.51. The van der Waals surface area contributed by atoms with E-state index in [2.05, 4.69) is 22.2 Å². The van der Waals surface area contributed by atoms with Crippen LogP contribution in [-0.2, 0) is 19.0 Å². The SMILES string of the molecule is COc1cc(CCO)ccc1Nc1ncc(C(F)(F)F)c(CC(C)C(C)C2CCCCC2)n1. The van der Waals surface area contributed by atoms with Crippen molar-refractivity contribution in [1.82, 2.24) is 9.97 Å². The van der Waals surface area contributed by atoms with Crippen molar-refractivity contribution in [3.8, 4) is 5.75 Å². The van der Waals surface area contributed by atoms with Gasteiger partial charge in [-0.05, 0) is 48.3 Å². The highest BCUT2D eigenvalue weighted by atomic mass is 19.4. The first-order chi connectivity index (χ1) is 15.7. The summed E-state index contributed by atoms with van der Waals surface area (Å²) < 4.78 is 46.5. The molecule has 0 saturated heterocycles. The number of alkyl halides is 3. The van der Waals surface area contributed by atoms with E-state index in [1.807, 2.05) is 13.0 Å². The van der Waals surface area contributed by atoms with Crippen molar-refractivity contribution in [2.45, 2.75) is 65.0 Å². The Kier molecular flexibility index (Phi) is 8.57. The summed E-state index contributed by atoms with van der Waals surface area (Å²) in [4.78, 5) is 8.24. The molecule has 1 saturated carbocycles. The summed E-state index contributed by atoms with van der Waals surface area (Å²) in [5, 5.41) is 12.1. The zero-order valence-corrected chi connectivity index (χ0v) is 19.6. The van der Waals surface area contributed by atoms with Crippen LogP contribution in [0.5, 0.6) is 5.75 Å². The molecular formula is C25H34F3N3O2. The van der Waals surface area contributed by atoms with Crippen LogP contribution in [-0.4, -0.2) is 28.8 Å². The molecule has 0 radical (unpaired) electrons. The van der Waals surface area contributed by atoms with Gasteiger partial charge in [-0.15, -0.1) is 0 Å². The molecule has 3 rings (SSSR count). The third kappa shape index (κ3) is 6.59. The second kappa shape index (κ2) is 11.2. The smallest absolute Gasteiger partial charge is 0.419 e. The average Bonchev–Trinajstić information content (AvgIpc) is 2.79. The van der Waals surface area contributed by atoms with E-state index in [1.165, 1.54) is 26.4 Å². The molecule has 2 N–H and O–H groups in total. The van der Waals surface area contributed by atoms with Crippen LogP contribution in [0.15, 0.2) is 24.4 Å². The van der Waals surface area contributed by atoms with Crippen LogP contribution in [0.2, 0.25) is 0 Å². The monoisotopic (exact) mass is 465 g/mol. The van der Waals surface area contributed by atoms with Gasteiger partial charge in [0.15, 0.2) is 0 Å². The van der Waals surface area contributed by atoms with E-state index >= 15 is 0 Å². The lowest BCUT2D eigenvalue weighted by Gasteiger charge is -2.32. The zero-order chi connectivity index (χ0) is 24.0. The average molecular weight is 466 g/mol. The van der Waals surface area contributed by atoms with Gasteiger partial charge in [0, 0.05) is 12.8 Å². The fourth-order valence-electron chi connectivity index (χ4n) is 4.73. The molecule has 2 aromatic rings. The molecule has 2 unspecified atom stereocenters. The molecule has 0 spiro atoms. The van der Waals surface area contributed by atoms with Crippen LogP contribution in [0.3, 0.4) is 0 Å². The normalized spacial score (nSPS) is 16.9. The maximum Gasteiger partial charge on any atom is 0.419 e. The standard InChI is InChI=1S/C25H34F3N3O2/c1-16(17(2)19-7-5-4-6-8-19)13-22-20(25(26,27)28)15-29-24(31-22)30-21-10-9-18(11-12-32)14-23(21)33-3/h9-10,14-17,19,32H,4-8,11-13H2,1-3H3,(H,29,30,31). The van der Waals surface area contributed by atoms with Gasteiger partial charge < -0.3 is 15.2 Å². The number of anilines is 2. The lowest BCUT2D eigenvalue weighted by molar-refractivity contribution is -0.138. The van der Waals surface area contributed by atoms with Crippen LogP contribution in [0.1, 0.15) is 62.8 Å². The summed E-state index contributed by atoms with van der Waals surface area (Å²) in [6.07, 6.45) is 3.05. The highest BCUT2D eigenvalue weighted by Gasteiger charge is 2.36. The summed E-state index contributed by atoms with van der Waals surface area (Å²) >= 11 is 0. The van der Waals surface area contributed by atoms with Gasteiger partial charge in [-0.25, -0.2) is 9.97 Å². The van der Waals surface area contributed by atoms with E-state index in [0.717, 1.165) is 24.6 Å². The Morgan fingerprint density at radius 2 is 1.91 bits per heavy atom. The second-order valence-corrected chi connectivity index (χ2v) is 9.12. The largest absolute Gasteiger partial charge is 0.495 e. The number of benzene rings is 1. The molecule has 5 nitrogen and oxygen atoms in total. The van der Waals surface area contributed by atoms with Gasteiger partial charge in [0.1, 0.15) is 5.75 Å². The van der Waals surface area contributed by atoms with E-state index in [0.29, 0.717) is 29.7 Å². The van der Waals surface area contributed by atoms with E-state index in [1.54, 1.807) is 12.1 Å². The number of rotatable bonds is 9. The number of halogens is 3. The molecule has 1 aromatic carbocycles. The van der Waals surface area contributed by atoms with Crippen molar-refractivity contribution in [1.29, 1.82) is 0 Å². The van der Waals surface area contributed by atoms with Crippen LogP contribution >= 0.6 is 0 Å². The van der Waals surface area contributed by atoms with E-state index < -0.39 is 11.7 Å². The molecule has 33 heavy (non-hydrogen) atoms.